The highest BCUT2D eigenvalue weighted by Crippen LogP contribution is 2.46. The number of thioether (sulfide) groups is 1. The van der Waals surface area contributed by atoms with E-state index in [2.05, 4.69) is 40.3 Å². The van der Waals surface area contributed by atoms with Gasteiger partial charge in [0.1, 0.15) is 6.61 Å². The van der Waals surface area contributed by atoms with Crippen LogP contribution in [0.15, 0.2) is 81.6 Å². The first-order chi connectivity index (χ1) is 16.0. The maximum Gasteiger partial charge on any atom is 0.336 e. The second-order valence-electron chi connectivity index (χ2n) is 8.32. The van der Waals surface area contributed by atoms with E-state index in [1.807, 2.05) is 49.4 Å². The number of benzene rings is 2. The van der Waals surface area contributed by atoms with Crippen LogP contribution in [-0.2, 0) is 14.3 Å². The number of hydrogen-bond acceptors (Lipinski definition) is 5. The van der Waals surface area contributed by atoms with E-state index in [0.717, 1.165) is 39.4 Å². The third-order valence-corrected chi connectivity index (χ3v) is 7.52. The Labute approximate surface area is 208 Å². The van der Waals surface area contributed by atoms with Crippen LogP contribution in [0.3, 0.4) is 0 Å². The van der Waals surface area contributed by atoms with Gasteiger partial charge >= 0.3 is 5.97 Å². The van der Waals surface area contributed by atoms with Gasteiger partial charge in [0.05, 0.1) is 5.57 Å². The van der Waals surface area contributed by atoms with Crippen LogP contribution < -0.4 is 5.32 Å². The standard InChI is InChI=1S/C27H28BrNO3S/c1-3-33-13-12-32-27(31)24-17(2)29-22-15-20(18-8-5-4-6-9-18)16-23(30)26(22)25(24)19-10-7-11-21(28)14-19/h4-11,14,20,25,29H,3,12-13,15-16H2,1-2H3. The molecule has 0 bridgehead atoms. The maximum atomic E-state index is 13.6. The highest BCUT2D eigenvalue weighted by molar-refractivity contribution is 9.10. The lowest BCUT2D eigenvalue weighted by Crippen LogP contribution is -2.36. The summed E-state index contributed by atoms with van der Waals surface area (Å²) in [6.45, 7) is 4.34. The Hall–Kier alpha value is -2.31. The lowest BCUT2D eigenvalue weighted by atomic mass is 9.72. The van der Waals surface area contributed by atoms with Crippen molar-refractivity contribution < 1.29 is 14.3 Å². The summed E-state index contributed by atoms with van der Waals surface area (Å²) in [6, 6.07) is 18.0. The molecule has 0 saturated heterocycles. The van der Waals surface area contributed by atoms with Gasteiger partial charge in [-0.2, -0.15) is 11.8 Å². The molecule has 1 heterocycles. The molecule has 2 unspecified atom stereocenters. The van der Waals surface area contributed by atoms with Crippen molar-refractivity contribution in [3.8, 4) is 0 Å². The predicted molar refractivity (Wildman–Crippen MR) is 137 cm³/mol. The molecule has 0 aromatic heterocycles. The summed E-state index contributed by atoms with van der Waals surface area (Å²) in [5.41, 5.74) is 4.98. The third-order valence-electron chi connectivity index (χ3n) is 6.17. The van der Waals surface area contributed by atoms with Crippen LogP contribution in [0.2, 0.25) is 0 Å². The Morgan fingerprint density at radius 2 is 1.88 bits per heavy atom. The number of ketones is 1. The number of allylic oxidation sites excluding steroid dienone is 3. The first-order valence-electron chi connectivity index (χ1n) is 11.3. The van der Waals surface area contributed by atoms with E-state index in [1.54, 1.807) is 11.8 Å². The van der Waals surface area contributed by atoms with Gasteiger partial charge in [-0.05, 0) is 48.3 Å². The fourth-order valence-corrected chi connectivity index (χ4v) is 5.61. The van der Waals surface area contributed by atoms with Crippen LogP contribution in [-0.4, -0.2) is 29.9 Å². The highest BCUT2D eigenvalue weighted by atomic mass is 79.9. The first kappa shape index (κ1) is 23.8. The van der Waals surface area contributed by atoms with Gasteiger partial charge in [0, 0.05) is 39.5 Å². The van der Waals surface area contributed by atoms with Crippen LogP contribution >= 0.6 is 27.7 Å². The fraction of sp³-hybridized carbons (Fsp3) is 0.333. The van der Waals surface area contributed by atoms with Gasteiger partial charge < -0.3 is 10.1 Å². The van der Waals surface area contributed by atoms with Crippen molar-refractivity contribution in [2.45, 2.75) is 38.5 Å². The number of halogens is 1. The van der Waals surface area contributed by atoms with Crippen LogP contribution in [0.4, 0.5) is 0 Å². The Morgan fingerprint density at radius 3 is 2.61 bits per heavy atom. The molecular weight excluding hydrogens is 498 g/mol. The molecule has 172 valence electrons. The van der Waals surface area contributed by atoms with Gasteiger partial charge in [0.15, 0.2) is 5.78 Å². The second kappa shape index (κ2) is 10.7. The number of carbonyl (C=O) groups excluding carboxylic acids is 2. The van der Waals surface area contributed by atoms with E-state index >= 15 is 0 Å². The minimum absolute atomic E-state index is 0.0851. The fourth-order valence-electron chi connectivity index (χ4n) is 4.71. The Bertz CT molecular complexity index is 1110. The number of dihydropyridines is 1. The monoisotopic (exact) mass is 525 g/mol. The number of esters is 1. The van der Waals surface area contributed by atoms with Crippen LogP contribution in [0.5, 0.6) is 0 Å². The van der Waals surface area contributed by atoms with Gasteiger partial charge in [0.2, 0.25) is 0 Å². The summed E-state index contributed by atoms with van der Waals surface area (Å²) >= 11 is 5.29. The van der Waals surface area contributed by atoms with Crippen molar-refractivity contribution in [3.63, 3.8) is 0 Å². The van der Waals surface area contributed by atoms with Gasteiger partial charge in [-0.3, -0.25) is 4.79 Å². The molecule has 2 atom stereocenters. The molecule has 0 saturated carbocycles. The summed E-state index contributed by atoms with van der Waals surface area (Å²) in [5, 5.41) is 3.42. The molecule has 0 amide bonds. The van der Waals surface area contributed by atoms with Crippen LogP contribution in [0, 0.1) is 0 Å². The van der Waals surface area contributed by atoms with Crippen molar-refractivity contribution in [1.82, 2.24) is 5.32 Å². The largest absolute Gasteiger partial charge is 0.461 e. The van der Waals surface area contributed by atoms with E-state index in [4.69, 9.17) is 4.74 Å². The zero-order valence-electron chi connectivity index (χ0n) is 18.9. The van der Waals surface area contributed by atoms with Gasteiger partial charge in [-0.1, -0.05) is 65.3 Å². The number of ether oxygens (including phenoxy) is 1. The summed E-state index contributed by atoms with van der Waals surface area (Å²) < 4.78 is 6.55. The average Bonchev–Trinajstić information content (AvgIpc) is 2.81. The molecule has 0 spiro atoms. The van der Waals surface area contributed by atoms with Crippen molar-refractivity contribution in [2.24, 2.45) is 0 Å². The molecule has 2 aliphatic rings. The van der Waals surface area contributed by atoms with E-state index < -0.39 is 5.92 Å². The smallest absolute Gasteiger partial charge is 0.336 e. The predicted octanol–water partition coefficient (Wildman–Crippen LogP) is 6.11. The highest BCUT2D eigenvalue weighted by Gasteiger charge is 2.41. The van der Waals surface area contributed by atoms with Gasteiger partial charge in [-0.25, -0.2) is 4.79 Å². The Morgan fingerprint density at radius 1 is 1.12 bits per heavy atom. The van der Waals surface area contributed by atoms with E-state index in [-0.39, 0.29) is 17.7 Å². The Kier molecular flexibility index (Phi) is 7.76. The van der Waals surface area contributed by atoms with Crippen molar-refractivity contribution in [1.29, 1.82) is 0 Å². The zero-order chi connectivity index (χ0) is 23.4. The number of hydrogen-bond donors (Lipinski definition) is 1. The van der Waals surface area contributed by atoms with Crippen molar-refractivity contribution >= 4 is 39.4 Å². The molecule has 0 radical (unpaired) electrons. The normalized spacial score (nSPS) is 20.4. The summed E-state index contributed by atoms with van der Waals surface area (Å²) in [4.78, 5) is 26.8. The molecule has 4 nitrogen and oxygen atoms in total. The van der Waals surface area contributed by atoms with Gasteiger partial charge in [0.25, 0.3) is 0 Å². The molecule has 1 aliphatic carbocycles. The lowest BCUT2D eigenvalue weighted by molar-refractivity contribution is -0.138. The minimum atomic E-state index is -0.436. The SMILES string of the molecule is CCSCCOC(=O)C1=C(C)NC2=C(C(=O)CC(c3ccccc3)C2)C1c1cccc(Br)c1. The van der Waals surface area contributed by atoms with Crippen molar-refractivity contribution in [2.75, 3.05) is 18.1 Å². The lowest BCUT2D eigenvalue weighted by Gasteiger charge is -2.36. The number of rotatable bonds is 7. The second-order valence-corrected chi connectivity index (χ2v) is 10.6. The van der Waals surface area contributed by atoms with Gasteiger partial charge in [-0.15, -0.1) is 0 Å². The molecule has 2 aromatic rings. The number of carbonyl (C=O) groups is 2. The van der Waals surface area contributed by atoms with E-state index in [1.165, 1.54) is 5.56 Å². The third kappa shape index (κ3) is 5.28. The molecular formula is C27H28BrNO3S. The minimum Gasteiger partial charge on any atom is -0.461 e. The molecule has 33 heavy (non-hydrogen) atoms. The molecule has 4 rings (SSSR count). The zero-order valence-corrected chi connectivity index (χ0v) is 21.3. The molecule has 0 fully saturated rings. The van der Waals surface area contributed by atoms with Crippen molar-refractivity contribution in [3.05, 3.63) is 92.7 Å². The van der Waals surface area contributed by atoms with E-state index in [0.29, 0.717) is 24.2 Å². The van der Waals surface area contributed by atoms with Crippen LogP contribution in [0.25, 0.3) is 0 Å². The summed E-state index contributed by atoms with van der Waals surface area (Å²) in [5.74, 6) is 1.16. The quantitative estimate of drug-likeness (QED) is 0.349. The molecule has 1 N–H and O–H groups in total. The molecule has 2 aromatic carbocycles. The first-order valence-corrected chi connectivity index (χ1v) is 13.2. The topological polar surface area (TPSA) is 55.4 Å². The average molecular weight is 526 g/mol. The van der Waals surface area contributed by atoms with Crippen LogP contribution in [0.1, 0.15) is 49.7 Å². The van der Waals surface area contributed by atoms with E-state index in [9.17, 15) is 9.59 Å². The Balaban J connectivity index is 1.72. The summed E-state index contributed by atoms with van der Waals surface area (Å²) in [7, 11) is 0. The molecule has 1 aliphatic heterocycles. The maximum absolute atomic E-state index is 13.6. The summed E-state index contributed by atoms with van der Waals surface area (Å²) in [6.07, 6.45) is 1.17. The molecule has 6 heteroatoms. The number of nitrogens with one attached hydrogen (secondary N) is 1. The number of Topliss-reactive ketones (excluding diaryl/α,β-unsaturated/α-hetero) is 1.